The molecule has 0 amide bonds. The standard InChI is InChI=1S/C11H11FN2O2/c1-3-8-11(12)9(14-7-13-8)5-6-10(15)16-4-2/h7H,3-4H2,1-2H3. The third-order valence-corrected chi connectivity index (χ3v) is 1.75. The largest absolute Gasteiger partial charge is 0.456 e. The van der Waals surface area contributed by atoms with E-state index in [4.69, 9.17) is 0 Å². The molecule has 0 saturated carbocycles. The summed E-state index contributed by atoms with van der Waals surface area (Å²) in [4.78, 5) is 18.3. The lowest BCUT2D eigenvalue weighted by molar-refractivity contribution is -0.136. The van der Waals surface area contributed by atoms with Crippen molar-refractivity contribution in [2.24, 2.45) is 0 Å². The Labute approximate surface area is 92.9 Å². The van der Waals surface area contributed by atoms with E-state index in [1.165, 1.54) is 6.33 Å². The number of halogens is 1. The minimum Gasteiger partial charge on any atom is -0.456 e. The van der Waals surface area contributed by atoms with E-state index in [1.54, 1.807) is 13.8 Å². The molecule has 0 unspecified atom stereocenters. The Bertz CT molecular complexity index is 449. The maximum Gasteiger partial charge on any atom is 0.384 e. The summed E-state index contributed by atoms with van der Waals surface area (Å²) in [5.41, 5.74) is 0.197. The molecule has 0 atom stereocenters. The van der Waals surface area contributed by atoms with Gasteiger partial charge in [-0.2, -0.15) is 0 Å². The second-order valence-corrected chi connectivity index (χ2v) is 2.81. The Morgan fingerprint density at radius 1 is 1.50 bits per heavy atom. The molecular weight excluding hydrogens is 211 g/mol. The Balaban J connectivity index is 2.93. The van der Waals surface area contributed by atoms with E-state index < -0.39 is 11.8 Å². The molecule has 0 saturated heterocycles. The zero-order valence-corrected chi connectivity index (χ0v) is 9.08. The number of ether oxygens (including phenoxy) is 1. The average Bonchev–Trinajstić information content (AvgIpc) is 2.28. The molecule has 1 rings (SSSR count). The van der Waals surface area contributed by atoms with Crippen LogP contribution in [0.25, 0.3) is 0 Å². The summed E-state index contributed by atoms with van der Waals surface area (Å²) in [5.74, 6) is 3.19. The summed E-state index contributed by atoms with van der Waals surface area (Å²) >= 11 is 0. The molecular formula is C11H11FN2O2. The molecule has 1 heterocycles. The van der Waals surface area contributed by atoms with Crippen LogP contribution in [0, 0.1) is 17.7 Å². The molecule has 0 radical (unpaired) electrons. The fraction of sp³-hybridized carbons (Fsp3) is 0.364. The van der Waals surface area contributed by atoms with Crippen LogP contribution in [0.5, 0.6) is 0 Å². The first-order valence-corrected chi connectivity index (χ1v) is 4.87. The van der Waals surface area contributed by atoms with Crippen molar-refractivity contribution in [1.82, 2.24) is 9.97 Å². The molecule has 0 bridgehead atoms. The van der Waals surface area contributed by atoms with Crippen molar-refractivity contribution >= 4 is 5.97 Å². The highest BCUT2D eigenvalue weighted by Crippen LogP contribution is 2.06. The monoisotopic (exact) mass is 222 g/mol. The second kappa shape index (κ2) is 5.81. The van der Waals surface area contributed by atoms with Gasteiger partial charge >= 0.3 is 5.97 Å². The van der Waals surface area contributed by atoms with Gasteiger partial charge in [0.1, 0.15) is 6.33 Å². The molecule has 1 aromatic heterocycles. The predicted octanol–water partition coefficient (Wildman–Crippen LogP) is 1.09. The van der Waals surface area contributed by atoms with Crippen molar-refractivity contribution < 1.29 is 13.9 Å². The van der Waals surface area contributed by atoms with Gasteiger partial charge in [0, 0.05) is 5.92 Å². The number of nitrogens with zero attached hydrogens (tertiary/aromatic N) is 2. The maximum atomic E-state index is 13.5. The van der Waals surface area contributed by atoms with Gasteiger partial charge in [0.25, 0.3) is 0 Å². The Hall–Kier alpha value is -1.96. The highest BCUT2D eigenvalue weighted by Gasteiger charge is 2.07. The fourth-order valence-electron chi connectivity index (χ4n) is 1.02. The van der Waals surface area contributed by atoms with Crippen molar-refractivity contribution in [2.45, 2.75) is 20.3 Å². The second-order valence-electron chi connectivity index (χ2n) is 2.81. The summed E-state index contributed by atoms with van der Waals surface area (Å²) in [6.07, 6.45) is 1.67. The van der Waals surface area contributed by atoms with Gasteiger partial charge in [-0.15, -0.1) is 0 Å². The van der Waals surface area contributed by atoms with E-state index in [0.29, 0.717) is 6.42 Å². The summed E-state index contributed by atoms with van der Waals surface area (Å²) in [6.45, 7) is 3.67. The number of rotatable bonds is 2. The van der Waals surface area contributed by atoms with Gasteiger partial charge < -0.3 is 4.74 Å². The molecule has 4 nitrogen and oxygen atoms in total. The Morgan fingerprint density at radius 3 is 2.88 bits per heavy atom. The molecule has 0 aromatic carbocycles. The third-order valence-electron chi connectivity index (χ3n) is 1.75. The minimum absolute atomic E-state index is 0.0834. The zero-order chi connectivity index (χ0) is 12.0. The van der Waals surface area contributed by atoms with Crippen LogP contribution in [0.15, 0.2) is 6.33 Å². The van der Waals surface area contributed by atoms with E-state index >= 15 is 0 Å². The lowest BCUT2D eigenvalue weighted by Gasteiger charge is -1.98. The van der Waals surface area contributed by atoms with Crippen LogP contribution in [0.2, 0.25) is 0 Å². The van der Waals surface area contributed by atoms with E-state index in [2.05, 4.69) is 26.5 Å². The molecule has 0 N–H and O–H groups in total. The minimum atomic E-state index is -0.696. The van der Waals surface area contributed by atoms with E-state index in [9.17, 15) is 9.18 Å². The molecule has 0 fully saturated rings. The Kier molecular flexibility index (Phi) is 4.40. The van der Waals surface area contributed by atoms with Crippen molar-refractivity contribution in [3.8, 4) is 11.8 Å². The number of carbonyl (C=O) groups is 1. The maximum absolute atomic E-state index is 13.5. The van der Waals surface area contributed by atoms with Gasteiger partial charge in [-0.05, 0) is 19.3 Å². The van der Waals surface area contributed by atoms with Gasteiger partial charge in [0.15, 0.2) is 11.5 Å². The van der Waals surface area contributed by atoms with Gasteiger partial charge in [-0.1, -0.05) is 6.92 Å². The van der Waals surface area contributed by atoms with Crippen molar-refractivity contribution in [2.75, 3.05) is 6.61 Å². The van der Waals surface area contributed by atoms with E-state index in [1.807, 2.05) is 0 Å². The summed E-state index contributed by atoms with van der Waals surface area (Å²) < 4.78 is 18.1. The highest BCUT2D eigenvalue weighted by molar-refractivity contribution is 5.89. The lowest BCUT2D eigenvalue weighted by atomic mass is 10.2. The van der Waals surface area contributed by atoms with Crippen LogP contribution in [-0.4, -0.2) is 22.5 Å². The zero-order valence-electron chi connectivity index (χ0n) is 9.08. The molecule has 0 aliphatic carbocycles. The predicted molar refractivity (Wildman–Crippen MR) is 54.9 cm³/mol. The molecule has 0 spiro atoms. The molecule has 0 aliphatic rings. The quantitative estimate of drug-likeness (QED) is 0.555. The van der Waals surface area contributed by atoms with Gasteiger partial charge in [-0.25, -0.2) is 19.2 Å². The van der Waals surface area contributed by atoms with Gasteiger partial charge in [0.05, 0.1) is 12.3 Å². The Morgan fingerprint density at radius 2 is 2.25 bits per heavy atom. The third kappa shape index (κ3) is 3.02. The first-order valence-electron chi connectivity index (χ1n) is 4.87. The molecule has 0 aliphatic heterocycles. The van der Waals surface area contributed by atoms with Crippen LogP contribution < -0.4 is 0 Å². The van der Waals surface area contributed by atoms with Crippen LogP contribution in [0.1, 0.15) is 25.2 Å². The number of esters is 1. The number of hydrogen-bond donors (Lipinski definition) is 0. The summed E-state index contributed by atoms with van der Waals surface area (Å²) in [7, 11) is 0. The smallest absolute Gasteiger partial charge is 0.384 e. The van der Waals surface area contributed by atoms with Crippen LogP contribution >= 0.6 is 0 Å². The van der Waals surface area contributed by atoms with Crippen LogP contribution in [0.4, 0.5) is 4.39 Å². The molecule has 84 valence electrons. The number of carbonyl (C=O) groups excluding carboxylic acids is 1. The first kappa shape index (κ1) is 12.1. The van der Waals surface area contributed by atoms with Crippen LogP contribution in [-0.2, 0) is 16.0 Å². The van der Waals surface area contributed by atoms with Crippen molar-refractivity contribution in [3.63, 3.8) is 0 Å². The summed E-state index contributed by atoms with van der Waals surface area (Å²) in [6, 6.07) is 0. The number of hydrogen-bond acceptors (Lipinski definition) is 4. The highest BCUT2D eigenvalue weighted by atomic mass is 19.1. The van der Waals surface area contributed by atoms with Gasteiger partial charge in [-0.3, -0.25) is 0 Å². The summed E-state index contributed by atoms with van der Waals surface area (Å²) in [5, 5.41) is 0. The fourth-order valence-corrected chi connectivity index (χ4v) is 1.02. The first-order chi connectivity index (χ1) is 7.69. The lowest BCUT2D eigenvalue weighted by Crippen LogP contribution is -2.02. The van der Waals surface area contributed by atoms with E-state index in [-0.39, 0.29) is 18.0 Å². The van der Waals surface area contributed by atoms with Gasteiger partial charge in [0.2, 0.25) is 0 Å². The number of aryl methyl sites for hydroxylation is 1. The van der Waals surface area contributed by atoms with E-state index in [0.717, 1.165) is 0 Å². The normalized spacial score (nSPS) is 9.19. The van der Waals surface area contributed by atoms with Crippen molar-refractivity contribution in [3.05, 3.63) is 23.5 Å². The SMILES string of the molecule is CCOC(=O)C#Cc1ncnc(CC)c1F. The molecule has 1 aromatic rings. The molecule has 5 heteroatoms. The van der Waals surface area contributed by atoms with Crippen LogP contribution in [0.3, 0.4) is 0 Å². The number of aromatic nitrogens is 2. The molecule has 16 heavy (non-hydrogen) atoms. The van der Waals surface area contributed by atoms with Crippen molar-refractivity contribution in [1.29, 1.82) is 0 Å². The average molecular weight is 222 g/mol. The topological polar surface area (TPSA) is 52.1 Å².